The van der Waals surface area contributed by atoms with Crippen LogP contribution in [-0.4, -0.2) is 42.8 Å². The number of anilines is 1. The third-order valence-electron chi connectivity index (χ3n) is 6.16. The number of hydrogen-bond donors (Lipinski definition) is 1. The molecular formula is C24H29ClFN5O2S. The molecule has 0 saturated carbocycles. The Balaban J connectivity index is 1.86. The molecule has 182 valence electrons. The van der Waals surface area contributed by atoms with Gasteiger partial charge in [0.05, 0.1) is 15.6 Å². The maximum atomic E-state index is 14.7. The number of unbranched alkanes of at least 4 members (excludes halogenated alkanes) is 1. The molecule has 2 heterocycles. The molecule has 0 bridgehead atoms. The summed E-state index contributed by atoms with van der Waals surface area (Å²) in [6, 6.07) is 10.8. The van der Waals surface area contributed by atoms with Gasteiger partial charge in [0.25, 0.3) is 10.0 Å². The summed E-state index contributed by atoms with van der Waals surface area (Å²) in [6.07, 6.45) is 3.41. The second-order valence-electron chi connectivity index (χ2n) is 8.51. The fourth-order valence-corrected chi connectivity index (χ4v) is 6.02. The lowest BCUT2D eigenvalue weighted by molar-refractivity contribution is 0.438. The average molecular weight is 506 g/mol. The first-order chi connectivity index (χ1) is 16.3. The maximum absolute atomic E-state index is 14.7. The Morgan fingerprint density at radius 3 is 2.68 bits per heavy atom. The van der Waals surface area contributed by atoms with Crippen LogP contribution < -0.4 is 9.62 Å². The number of rotatable bonds is 8. The predicted molar refractivity (Wildman–Crippen MR) is 132 cm³/mol. The van der Waals surface area contributed by atoms with Gasteiger partial charge in [-0.3, -0.25) is 4.31 Å². The minimum absolute atomic E-state index is 0.102. The number of benzene rings is 2. The normalized spacial score (nSPS) is 16.5. The van der Waals surface area contributed by atoms with Crippen LogP contribution in [0.4, 0.5) is 10.1 Å². The van der Waals surface area contributed by atoms with Crippen LogP contribution in [0, 0.1) is 5.82 Å². The SMILES string of the molecule is CCCCN(c1cc(F)c(Cl)cc1-c1nnc(C2CCCNC2)n1C)S(=O)(=O)c1ccccc1. The standard InChI is InChI=1S/C24H29ClFN5O2S/c1-3-4-13-31(34(32,33)18-10-6-5-7-11-18)22-15-21(26)20(25)14-19(22)24-29-28-23(30(24)2)17-9-8-12-27-16-17/h5-7,10-11,14-15,17,27H,3-4,8-9,12-13,16H2,1-2H3. The molecule has 3 aromatic rings. The fourth-order valence-electron chi connectivity index (χ4n) is 4.32. The Morgan fingerprint density at radius 1 is 1.24 bits per heavy atom. The largest absolute Gasteiger partial charge is 0.316 e. The summed E-state index contributed by atoms with van der Waals surface area (Å²) < 4.78 is 45.2. The number of hydrogen-bond acceptors (Lipinski definition) is 5. The summed E-state index contributed by atoms with van der Waals surface area (Å²) in [5, 5.41) is 12.1. The summed E-state index contributed by atoms with van der Waals surface area (Å²) in [7, 11) is -2.11. The zero-order valence-corrected chi connectivity index (χ0v) is 20.9. The molecule has 1 unspecified atom stereocenters. The Hall–Kier alpha value is -2.49. The average Bonchev–Trinajstić information content (AvgIpc) is 3.23. The van der Waals surface area contributed by atoms with Gasteiger partial charge in [0, 0.05) is 37.7 Å². The summed E-state index contributed by atoms with van der Waals surface area (Å²) in [5.41, 5.74) is 0.620. The monoisotopic (exact) mass is 505 g/mol. The van der Waals surface area contributed by atoms with Crippen LogP contribution in [-0.2, 0) is 17.1 Å². The third-order valence-corrected chi connectivity index (χ3v) is 8.28. The van der Waals surface area contributed by atoms with E-state index < -0.39 is 15.8 Å². The Labute approximate surface area is 205 Å². The van der Waals surface area contributed by atoms with Crippen LogP contribution >= 0.6 is 11.6 Å². The van der Waals surface area contributed by atoms with Gasteiger partial charge in [-0.2, -0.15) is 0 Å². The van der Waals surface area contributed by atoms with Crippen molar-refractivity contribution in [1.82, 2.24) is 20.1 Å². The van der Waals surface area contributed by atoms with Crippen LogP contribution in [0.25, 0.3) is 11.4 Å². The number of piperidine rings is 1. The Kier molecular flexibility index (Phi) is 7.54. The zero-order valence-electron chi connectivity index (χ0n) is 19.3. The highest BCUT2D eigenvalue weighted by Crippen LogP contribution is 2.38. The molecular weight excluding hydrogens is 477 g/mol. The van der Waals surface area contributed by atoms with Crippen LogP contribution in [0.1, 0.15) is 44.3 Å². The van der Waals surface area contributed by atoms with E-state index in [1.165, 1.54) is 28.6 Å². The first-order valence-electron chi connectivity index (χ1n) is 11.5. The molecule has 0 spiro atoms. The van der Waals surface area contributed by atoms with E-state index >= 15 is 0 Å². The van der Waals surface area contributed by atoms with E-state index in [4.69, 9.17) is 11.6 Å². The molecule has 34 heavy (non-hydrogen) atoms. The lowest BCUT2D eigenvalue weighted by Crippen LogP contribution is -2.32. The lowest BCUT2D eigenvalue weighted by atomic mass is 9.99. The van der Waals surface area contributed by atoms with Crippen molar-refractivity contribution in [2.75, 3.05) is 23.9 Å². The molecule has 2 aromatic carbocycles. The molecule has 1 aromatic heterocycles. The molecule has 1 N–H and O–H groups in total. The van der Waals surface area contributed by atoms with E-state index in [2.05, 4.69) is 15.5 Å². The van der Waals surface area contributed by atoms with Gasteiger partial charge in [-0.15, -0.1) is 10.2 Å². The second-order valence-corrected chi connectivity index (χ2v) is 10.8. The van der Waals surface area contributed by atoms with E-state index in [1.54, 1.807) is 18.2 Å². The lowest BCUT2D eigenvalue weighted by Gasteiger charge is -2.27. The van der Waals surface area contributed by atoms with E-state index in [9.17, 15) is 12.8 Å². The van der Waals surface area contributed by atoms with Crippen molar-refractivity contribution >= 4 is 27.3 Å². The topological polar surface area (TPSA) is 80.1 Å². The number of nitrogens with zero attached hydrogens (tertiary/aromatic N) is 4. The first kappa shape index (κ1) is 24.6. The van der Waals surface area contributed by atoms with Crippen LogP contribution in [0.5, 0.6) is 0 Å². The second kappa shape index (κ2) is 10.4. The molecule has 1 saturated heterocycles. The van der Waals surface area contributed by atoms with Crippen molar-refractivity contribution < 1.29 is 12.8 Å². The highest BCUT2D eigenvalue weighted by molar-refractivity contribution is 7.92. The zero-order chi connectivity index (χ0) is 24.3. The molecule has 0 radical (unpaired) electrons. The maximum Gasteiger partial charge on any atom is 0.264 e. The molecule has 1 aliphatic heterocycles. The summed E-state index contributed by atoms with van der Waals surface area (Å²) >= 11 is 6.17. The highest BCUT2D eigenvalue weighted by Gasteiger charge is 2.30. The summed E-state index contributed by atoms with van der Waals surface area (Å²) in [5.74, 6) is 0.759. The van der Waals surface area contributed by atoms with Gasteiger partial charge in [0.15, 0.2) is 5.82 Å². The quantitative estimate of drug-likeness (QED) is 0.478. The smallest absolute Gasteiger partial charge is 0.264 e. The fraction of sp³-hybridized carbons (Fsp3) is 0.417. The minimum Gasteiger partial charge on any atom is -0.316 e. The Bertz CT molecular complexity index is 1240. The Morgan fingerprint density at radius 2 is 2.00 bits per heavy atom. The van der Waals surface area contributed by atoms with Crippen molar-refractivity contribution in [3.8, 4) is 11.4 Å². The molecule has 0 amide bonds. The van der Waals surface area contributed by atoms with E-state index in [1.807, 2.05) is 18.5 Å². The molecule has 10 heteroatoms. The molecule has 1 atom stereocenters. The minimum atomic E-state index is -3.96. The van der Waals surface area contributed by atoms with Gasteiger partial charge in [0.2, 0.25) is 0 Å². The number of halogens is 2. The third kappa shape index (κ3) is 4.82. The number of aromatic nitrogens is 3. The first-order valence-corrected chi connectivity index (χ1v) is 13.3. The van der Waals surface area contributed by atoms with Gasteiger partial charge in [-0.25, -0.2) is 12.8 Å². The van der Waals surface area contributed by atoms with E-state index in [0.717, 1.165) is 38.2 Å². The van der Waals surface area contributed by atoms with Crippen molar-refractivity contribution in [3.63, 3.8) is 0 Å². The van der Waals surface area contributed by atoms with Crippen molar-refractivity contribution in [2.24, 2.45) is 7.05 Å². The van der Waals surface area contributed by atoms with Crippen molar-refractivity contribution in [2.45, 2.75) is 43.4 Å². The highest BCUT2D eigenvalue weighted by atomic mass is 35.5. The van der Waals surface area contributed by atoms with Gasteiger partial charge >= 0.3 is 0 Å². The molecule has 0 aliphatic carbocycles. The molecule has 1 fully saturated rings. The van der Waals surface area contributed by atoms with Crippen molar-refractivity contribution in [1.29, 1.82) is 0 Å². The van der Waals surface area contributed by atoms with Crippen LogP contribution in [0.15, 0.2) is 47.4 Å². The van der Waals surface area contributed by atoms with Gasteiger partial charge in [-0.1, -0.05) is 43.1 Å². The predicted octanol–water partition coefficient (Wildman–Crippen LogP) is 4.74. The number of sulfonamides is 1. The van der Waals surface area contributed by atoms with E-state index in [0.29, 0.717) is 17.8 Å². The molecule has 1 aliphatic rings. The summed E-state index contributed by atoms with van der Waals surface area (Å²) in [6.45, 7) is 3.94. The van der Waals surface area contributed by atoms with Gasteiger partial charge < -0.3 is 9.88 Å². The van der Waals surface area contributed by atoms with Crippen LogP contribution in [0.3, 0.4) is 0 Å². The van der Waals surface area contributed by atoms with Crippen LogP contribution in [0.2, 0.25) is 5.02 Å². The molecule has 7 nitrogen and oxygen atoms in total. The van der Waals surface area contributed by atoms with Crippen molar-refractivity contribution in [3.05, 3.63) is 59.1 Å². The number of nitrogens with one attached hydrogen (secondary N) is 1. The van der Waals surface area contributed by atoms with Gasteiger partial charge in [-0.05, 0) is 44.0 Å². The summed E-state index contributed by atoms with van der Waals surface area (Å²) in [4.78, 5) is 0.138. The molecule has 4 rings (SSSR count). The van der Waals surface area contributed by atoms with Gasteiger partial charge in [0.1, 0.15) is 11.6 Å². The van der Waals surface area contributed by atoms with E-state index in [-0.39, 0.29) is 28.1 Å².